The molecule has 2 N–H and O–H groups in total. The number of rotatable bonds is 7. The molecule has 4 nitrogen and oxygen atoms in total. The molecule has 0 aromatic heterocycles. The number of ether oxygens (including phenoxy) is 1. The summed E-state index contributed by atoms with van der Waals surface area (Å²) < 4.78 is 6.01. The molecule has 0 amide bonds. The third-order valence-electron chi connectivity index (χ3n) is 6.81. The van der Waals surface area contributed by atoms with E-state index in [-0.39, 0.29) is 11.5 Å². The number of benzene rings is 4. The van der Waals surface area contributed by atoms with E-state index in [9.17, 15) is 10.2 Å². The van der Waals surface area contributed by atoms with Gasteiger partial charge in [-0.3, -0.25) is 4.90 Å². The van der Waals surface area contributed by atoms with E-state index >= 15 is 0 Å². The molecule has 0 bridgehead atoms. The van der Waals surface area contributed by atoms with E-state index in [1.54, 1.807) is 24.3 Å². The van der Waals surface area contributed by atoms with Gasteiger partial charge in [0, 0.05) is 6.54 Å². The predicted molar refractivity (Wildman–Crippen MR) is 143 cm³/mol. The molecule has 35 heavy (non-hydrogen) atoms. The molecule has 0 saturated carbocycles. The van der Waals surface area contributed by atoms with Crippen LogP contribution in [0.15, 0.2) is 85.4 Å². The fourth-order valence-electron chi connectivity index (χ4n) is 4.90. The van der Waals surface area contributed by atoms with Crippen molar-refractivity contribution in [2.24, 2.45) is 0 Å². The van der Waals surface area contributed by atoms with E-state index in [2.05, 4.69) is 23.6 Å². The SMILES string of the molecule is C=C(c1ccc(OCCN2CCCCC2)cc1)c1c(-c2ccc(O)cc2)ccc2cc(O)ccc12. The maximum atomic E-state index is 10.0. The van der Waals surface area contributed by atoms with Crippen LogP contribution in [0.3, 0.4) is 0 Å². The highest BCUT2D eigenvalue weighted by Crippen LogP contribution is 2.39. The molecular weight excluding hydrogens is 434 g/mol. The third kappa shape index (κ3) is 5.18. The van der Waals surface area contributed by atoms with E-state index in [0.717, 1.165) is 50.9 Å². The highest BCUT2D eigenvalue weighted by atomic mass is 16.5. The van der Waals surface area contributed by atoms with Crippen LogP contribution in [-0.2, 0) is 0 Å². The van der Waals surface area contributed by atoms with Crippen LogP contribution in [0.5, 0.6) is 17.2 Å². The van der Waals surface area contributed by atoms with Gasteiger partial charge in [-0.05, 0) is 101 Å². The van der Waals surface area contributed by atoms with Gasteiger partial charge in [-0.25, -0.2) is 0 Å². The number of phenolic OH excluding ortho intramolecular Hbond substituents is 2. The van der Waals surface area contributed by atoms with Gasteiger partial charge in [-0.1, -0.05) is 55.5 Å². The summed E-state index contributed by atoms with van der Waals surface area (Å²) in [6.45, 7) is 8.47. The van der Waals surface area contributed by atoms with E-state index in [1.165, 1.54) is 32.4 Å². The van der Waals surface area contributed by atoms with Crippen LogP contribution in [0.4, 0.5) is 0 Å². The molecule has 0 radical (unpaired) electrons. The largest absolute Gasteiger partial charge is 0.508 e. The number of hydrogen-bond acceptors (Lipinski definition) is 4. The molecular formula is C31H31NO3. The van der Waals surface area contributed by atoms with Gasteiger partial charge >= 0.3 is 0 Å². The van der Waals surface area contributed by atoms with Crippen LogP contribution < -0.4 is 4.74 Å². The Morgan fingerprint density at radius 2 is 1.51 bits per heavy atom. The molecule has 0 unspecified atom stereocenters. The standard InChI is InChI=1S/C31H31NO3/c1-22(23-7-13-28(14-8-23)35-20-19-32-17-3-2-4-18-32)31-29(24-5-10-26(33)11-6-24)15-9-25-21-27(34)12-16-30(25)31/h5-16,21,33-34H,1-4,17-20H2. The van der Waals surface area contributed by atoms with E-state index < -0.39 is 0 Å². The first-order chi connectivity index (χ1) is 17.1. The Balaban J connectivity index is 1.42. The van der Waals surface area contributed by atoms with Gasteiger partial charge in [0.15, 0.2) is 0 Å². The lowest BCUT2D eigenvalue weighted by Gasteiger charge is -2.26. The average molecular weight is 466 g/mol. The van der Waals surface area contributed by atoms with Crippen molar-refractivity contribution in [1.29, 1.82) is 0 Å². The maximum Gasteiger partial charge on any atom is 0.119 e. The summed E-state index contributed by atoms with van der Waals surface area (Å²) in [6, 6.07) is 24.8. The molecule has 1 aliphatic heterocycles. The summed E-state index contributed by atoms with van der Waals surface area (Å²) in [5, 5.41) is 21.7. The molecule has 4 heteroatoms. The monoisotopic (exact) mass is 465 g/mol. The van der Waals surface area contributed by atoms with Crippen molar-refractivity contribution in [1.82, 2.24) is 4.90 Å². The second-order valence-electron chi connectivity index (χ2n) is 9.19. The number of nitrogens with zero attached hydrogens (tertiary/aromatic N) is 1. The first-order valence-corrected chi connectivity index (χ1v) is 12.3. The first-order valence-electron chi connectivity index (χ1n) is 12.3. The summed E-state index contributed by atoms with van der Waals surface area (Å²) in [6.07, 6.45) is 3.92. The topological polar surface area (TPSA) is 52.9 Å². The Labute approximate surface area is 206 Å². The Bertz CT molecular complexity index is 1320. The molecule has 0 atom stereocenters. The lowest BCUT2D eigenvalue weighted by Crippen LogP contribution is -2.33. The zero-order valence-electron chi connectivity index (χ0n) is 19.9. The Morgan fingerprint density at radius 1 is 0.800 bits per heavy atom. The molecule has 4 aromatic carbocycles. The number of aromatic hydroxyl groups is 2. The van der Waals surface area contributed by atoms with Crippen LogP contribution in [0.2, 0.25) is 0 Å². The molecule has 1 heterocycles. The van der Waals surface area contributed by atoms with Gasteiger partial charge in [0.1, 0.15) is 23.9 Å². The van der Waals surface area contributed by atoms with Crippen LogP contribution >= 0.6 is 0 Å². The second kappa shape index (κ2) is 10.2. The van der Waals surface area contributed by atoms with E-state index in [4.69, 9.17) is 4.74 Å². The van der Waals surface area contributed by atoms with Crippen molar-refractivity contribution in [3.05, 3.63) is 96.6 Å². The van der Waals surface area contributed by atoms with Crippen LogP contribution in [0, 0.1) is 0 Å². The summed E-state index contributed by atoms with van der Waals surface area (Å²) in [5.41, 5.74) is 4.92. The van der Waals surface area contributed by atoms with Crippen LogP contribution in [0.25, 0.3) is 27.5 Å². The molecule has 1 saturated heterocycles. The summed E-state index contributed by atoms with van der Waals surface area (Å²) in [4.78, 5) is 2.48. The van der Waals surface area contributed by atoms with Gasteiger partial charge in [0.05, 0.1) is 0 Å². The fourth-order valence-corrected chi connectivity index (χ4v) is 4.90. The maximum absolute atomic E-state index is 10.0. The fraction of sp³-hybridized carbons (Fsp3) is 0.226. The number of piperidine rings is 1. The Kier molecular flexibility index (Phi) is 6.73. The van der Waals surface area contributed by atoms with Crippen molar-refractivity contribution in [2.45, 2.75) is 19.3 Å². The van der Waals surface area contributed by atoms with Gasteiger partial charge in [-0.2, -0.15) is 0 Å². The summed E-state index contributed by atoms with van der Waals surface area (Å²) >= 11 is 0. The minimum Gasteiger partial charge on any atom is -0.508 e. The van der Waals surface area contributed by atoms with Crippen molar-refractivity contribution >= 4 is 16.3 Å². The summed E-state index contributed by atoms with van der Waals surface area (Å²) in [5.74, 6) is 1.33. The normalized spacial score (nSPS) is 14.2. The van der Waals surface area contributed by atoms with Gasteiger partial charge in [-0.15, -0.1) is 0 Å². The highest BCUT2D eigenvalue weighted by molar-refractivity contribution is 6.03. The van der Waals surface area contributed by atoms with Crippen LogP contribution in [0.1, 0.15) is 30.4 Å². The zero-order chi connectivity index (χ0) is 24.2. The van der Waals surface area contributed by atoms with Gasteiger partial charge < -0.3 is 14.9 Å². The summed E-state index contributed by atoms with van der Waals surface area (Å²) in [7, 11) is 0. The van der Waals surface area contributed by atoms with Gasteiger partial charge in [0.25, 0.3) is 0 Å². The average Bonchev–Trinajstić information content (AvgIpc) is 2.89. The molecule has 4 aromatic rings. The van der Waals surface area contributed by atoms with Crippen molar-refractivity contribution in [2.75, 3.05) is 26.2 Å². The third-order valence-corrected chi connectivity index (χ3v) is 6.81. The van der Waals surface area contributed by atoms with E-state index in [1.807, 2.05) is 42.5 Å². The van der Waals surface area contributed by atoms with Crippen LogP contribution in [-0.4, -0.2) is 41.4 Å². The van der Waals surface area contributed by atoms with Crippen molar-refractivity contribution in [3.8, 4) is 28.4 Å². The number of likely N-dealkylation sites (tertiary alicyclic amines) is 1. The zero-order valence-corrected chi connectivity index (χ0v) is 19.9. The molecule has 178 valence electrons. The van der Waals surface area contributed by atoms with Crippen molar-refractivity contribution in [3.63, 3.8) is 0 Å². The lowest BCUT2D eigenvalue weighted by molar-refractivity contribution is 0.183. The highest BCUT2D eigenvalue weighted by Gasteiger charge is 2.15. The Hall–Kier alpha value is -3.76. The Morgan fingerprint density at radius 3 is 2.26 bits per heavy atom. The van der Waals surface area contributed by atoms with E-state index in [0.29, 0.717) is 6.61 Å². The minimum absolute atomic E-state index is 0.232. The molecule has 1 fully saturated rings. The molecule has 0 spiro atoms. The smallest absolute Gasteiger partial charge is 0.119 e. The quantitative estimate of drug-likeness (QED) is 0.314. The first kappa shape index (κ1) is 23.0. The lowest BCUT2D eigenvalue weighted by atomic mass is 9.87. The van der Waals surface area contributed by atoms with Gasteiger partial charge in [0.2, 0.25) is 0 Å². The minimum atomic E-state index is 0.232. The number of phenols is 2. The molecule has 0 aliphatic carbocycles. The predicted octanol–water partition coefficient (Wildman–Crippen LogP) is 6.84. The number of hydrogen-bond donors (Lipinski definition) is 2. The second-order valence-corrected chi connectivity index (χ2v) is 9.19. The van der Waals surface area contributed by atoms with Crippen molar-refractivity contribution < 1.29 is 14.9 Å². The number of fused-ring (bicyclic) bond motifs is 1. The molecule has 1 aliphatic rings. The molecule has 5 rings (SSSR count).